The van der Waals surface area contributed by atoms with Crippen LogP contribution in [-0.2, 0) is 0 Å². The summed E-state index contributed by atoms with van der Waals surface area (Å²) >= 11 is 0. The van der Waals surface area contributed by atoms with Crippen LogP contribution >= 0.6 is 0 Å². The van der Waals surface area contributed by atoms with Gasteiger partial charge in [-0.1, -0.05) is 32.0 Å². The number of hydrogen-bond donors (Lipinski definition) is 1. The van der Waals surface area contributed by atoms with Gasteiger partial charge in [-0.3, -0.25) is 0 Å². The molecule has 1 heterocycles. The number of furan rings is 1. The first-order valence-corrected chi connectivity index (χ1v) is 7.41. The maximum absolute atomic E-state index is 6.10. The number of hydrogen-bond acceptors (Lipinski definition) is 2. The van der Waals surface area contributed by atoms with Gasteiger partial charge in [0.25, 0.3) is 0 Å². The molecule has 0 spiro atoms. The van der Waals surface area contributed by atoms with Gasteiger partial charge in [-0.15, -0.1) is 0 Å². The lowest BCUT2D eigenvalue weighted by molar-refractivity contribution is 0.0141. The summed E-state index contributed by atoms with van der Waals surface area (Å²) in [4.78, 5) is 0. The van der Waals surface area contributed by atoms with Crippen LogP contribution in [0.5, 0.6) is 0 Å². The van der Waals surface area contributed by atoms with Crippen LogP contribution < -0.4 is 5.32 Å². The molecule has 19 heavy (non-hydrogen) atoms. The molecule has 2 atom stereocenters. The van der Waals surface area contributed by atoms with Crippen LogP contribution in [0, 0.1) is 5.41 Å². The fourth-order valence-corrected chi connectivity index (χ4v) is 4.00. The van der Waals surface area contributed by atoms with E-state index in [1.54, 1.807) is 0 Å². The van der Waals surface area contributed by atoms with Gasteiger partial charge >= 0.3 is 0 Å². The minimum Gasteiger partial charge on any atom is -0.461 e. The molecule has 0 bridgehead atoms. The second-order valence-electron chi connectivity index (χ2n) is 5.76. The van der Waals surface area contributed by atoms with Crippen LogP contribution in [0.1, 0.15) is 44.8 Å². The van der Waals surface area contributed by atoms with E-state index >= 15 is 0 Å². The van der Waals surface area contributed by atoms with E-state index in [4.69, 9.17) is 4.42 Å². The molecular formula is C17H23NO. The highest BCUT2D eigenvalue weighted by molar-refractivity contribution is 5.77. The van der Waals surface area contributed by atoms with E-state index in [1.165, 1.54) is 30.4 Å². The predicted molar refractivity (Wildman–Crippen MR) is 79.4 cm³/mol. The molecule has 1 N–H and O–H groups in total. The van der Waals surface area contributed by atoms with Crippen molar-refractivity contribution in [3.63, 3.8) is 0 Å². The van der Waals surface area contributed by atoms with Crippen molar-refractivity contribution in [1.82, 2.24) is 5.32 Å². The van der Waals surface area contributed by atoms with Gasteiger partial charge < -0.3 is 9.73 Å². The average molecular weight is 257 g/mol. The largest absolute Gasteiger partial charge is 0.461 e. The molecule has 1 fully saturated rings. The Morgan fingerprint density at radius 2 is 2.00 bits per heavy atom. The lowest BCUT2D eigenvalue weighted by Crippen LogP contribution is -2.57. The van der Waals surface area contributed by atoms with Crippen molar-refractivity contribution in [2.45, 2.75) is 45.1 Å². The van der Waals surface area contributed by atoms with E-state index in [1.807, 2.05) is 6.07 Å². The van der Waals surface area contributed by atoms with Gasteiger partial charge in [0.2, 0.25) is 0 Å². The molecule has 0 saturated heterocycles. The van der Waals surface area contributed by atoms with Crippen molar-refractivity contribution in [2.24, 2.45) is 5.41 Å². The summed E-state index contributed by atoms with van der Waals surface area (Å²) in [5.74, 6) is 1.74. The van der Waals surface area contributed by atoms with Gasteiger partial charge in [-0.05, 0) is 43.9 Å². The summed E-state index contributed by atoms with van der Waals surface area (Å²) in [7, 11) is 2.08. The van der Waals surface area contributed by atoms with Gasteiger partial charge in [0.05, 0.1) is 0 Å². The number of fused-ring (bicyclic) bond motifs is 1. The van der Waals surface area contributed by atoms with E-state index in [0.717, 1.165) is 5.58 Å². The van der Waals surface area contributed by atoms with Gasteiger partial charge in [0.15, 0.2) is 0 Å². The van der Waals surface area contributed by atoms with Crippen LogP contribution in [0.15, 0.2) is 34.7 Å². The lowest BCUT2D eigenvalue weighted by atomic mass is 9.53. The molecule has 1 aliphatic rings. The van der Waals surface area contributed by atoms with Crippen LogP contribution in [0.25, 0.3) is 11.0 Å². The topological polar surface area (TPSA) is 25.2 Å². The van der Waals surface area contributed by atoms with E-state index < -0.39 is 0 Å². The number of benzene rings is 1. The Labute approximate surface area is 115 Å². The van der Waals surface area contributed by atoms with Crippen LogP contribution in [0.2, 0.25) is 0 Å². The SMILES string of the molecule is CCC1(CC)C(NC)CC1c1cc2ccccc2o1. The summed E-state index contributed by atoms with van der Waals surface area (Å²) < 4.78 is 6.10. The monoisotopic (exact) mass is 257 g/mol. The second kappa shape index (κ2) is 4.68. The first kappa shape index (κ1) is 12.7. The zero-order valence-corrected chi connectivity index (χ0v) is 12.1. The maximum Gasteiger partial charge on any atom is 0.134 e. The van der Waals surface area contributed by atoms with Crippen molar-refractivity contribution in [3.05, 3.63) is 36.1 Å². The Bertz CT molecular complexity index is 534. The molecule has 2 aromatic rings. The standard InChI is InChI=1S/C17H23NO/c1-4-17(5-2)13(11-16(17)18-3)15-10-12-8-6-7-9-14(12)19-15/h6-10,13,16,18H,4-5,11H2,1-3H3. The van der Waals surface area contributed by atoms with Crippen molar-refractivity contribution in [1.29, 1.82) is 0 Å². The zero-order valence-electron chi connectivity index (χ0n) is 12.1. The van der Waals surface area contributed by atoms with Gasteiger partial charge in [-0.25, -0.2) is 0 Å². The van der Waals surface area contributed by atoms with Crippen LogP contribution in [-0.4, -0.2) is 13.1 Å². The molecule has 1 aliphatic carbocycles. The molecule has 1 saturated carbocycles. The normalized spacial score (nSPS) is 25.4. The fraction of sp³-hybridized carbons (Fsp3) is 0.529. The zero-order chi connectivity index (χ0) is 13.5. The van der Waals surface area contributed by atoms with Crippen LogP contribution in [0.4, 0.5) is 0 Å². The Morgan fingerprint density at radius 3 is 2.63 bits per heavy atom. The van der Waals surface area contributed by atoms with Crippen molar-refractivity contribution in [3.8, 4) is 0 Å². The first-order chi connectivity index (χ1) is 9.25. The minimum atomic E-state index is 0.364. The molecule has 102 valence electrons. The van der Waals surface area contributed by atoms with E-state index in [-0.39, 0.29) is 0 Å². The van der Waals surface area contributed by atoms with E-state index in [2.05, 4.69) is 50.5 Å². The highest BCUT2D eigenvalue weighted by Crippen LogP contribution is 2.57. The number of rotatable bonds is 4. The van der Waals surface area contributed by atoms with E-state index in [9.17, 15) is 0 Å². The third kappa shape index (κ3) is 1.73. The molecule has 0 aliphatic heterocycles. The molecule has 1 aromatic heterocycles. The summed E-state index contributed by atoms with van der Waals surface area (Å²) in [5.41, 5.74) is 1.38. The Morgan fingerprint density at radius 1 is 1.26 bits per heavy atom. The molecule has 0 amide bonds. The summed E-state index contributed by atoms with van der Waals surface area (Å²) in [6.07, 6.45) is 3.60. The number of nitrogens with one attached hydrogen (secondary N) is 1. The summed E-state index contributed by atoms with van der Waals surface area (Å²) in [6, 6.07) is 11.2. The molecule has 2 heteroatoms. The molecule has 3 rings (SSSR count). The predicted octanol–water partition coefficient (Wildman–Crippen LogP) is 4.31. The van der Waals surface area contributed by atoms with Crippen molar-refractivity contribution >= 4 is 11.0 Å². The van der Waals surface area contributed by atoms with Gasteiger partial charge in [-0.2, -0.15) is 0 Å². The molecule has 2 nitrogen and oxygen atoms in total. The maximum atomic E-state index is 6.10. The highest BCUT2D eigenvalue weighted by atomic mass is 16.3. The van der Waals surface area contributed by atoms with Crippen molar-refractivity contribution < 1.29 is 4.42 Å². The summed E-state index contributed by atoms with van der Waals surface area (Å²) in [6.45, 7) is 4.62. The fourth-order valence-electron chi connectivity index (χ4n) is 4.00. The highest BCUT2D eigenvalue weighted by Gasteiger charge is 2.53. The molecule has 0 radical (unpaired) electrons. The van der Waals surface area contributed by atoms with E-state index in [0.29, 0.717) is 17.4 Å². The Hall–Kier alpha value is -1.28. The van der Waals surface area contributed by atoms with Gasteiger partial charge in [0.1, 0.15) is 11.3 Å². The molecule has 2 unspecified atom stereocenters. The summed E-state index contributed by atoms with van der Waals surface area (Å²) in [5, 5.41) is 4.71. The number of para-hydroxylation sites is 1. The first-order valence-electron chi connectivity index (χ1n) is 7.41. The Kier molecular flexibility index (Phi) is 3.14. The third-order valence-electron chi connectivity index (χ3n) is 5.31. The van der Waals surface area contributed by atoms with Crippen molar-refractivity contribution in [2.75, 3.05) is 7.05 Å². The second-order valence-corrected chi connectivity index (χ2v) is 5.76. The quantitative estimate of drug-likeness (QED) is 0.882. The third-order valence-corrected chi connectivity index (χ3v) is 5.31. The molecule has 1 aromatic carbocycles. The lowest BCUT2D eigenvalue weighted by Gasteiger charge is -2.55. The minimum absolute atomic E-state index is 0.364. The average Bonchev–Trinajstić information content (AvgIpc) is 2.83. The smallest absolute Gasteiger partial charge is 0.134 e. The Balaban J connectivity index is 1.97. The van der Waals surface area contributed by atoms with Crippen LogP contribution in [0.3, 0.4) is 0 Å². The van der Waals surface area contributed by atoms with Gasteiger partial charge in [0, 0.05) is 17.3 Å². The molecular weight excluding hydrogens is 234 g/mol.